The van der Waals surface area contributed by atoms with Gasteiger partial charge >= 0.3 is 5.97 Å². The molecule has 1 amide bonds. The van der Waals surface area contributed by atoms with Gasteiger partial charge in [-0.05, 0) is 24.9 Å². The lowest BCUT2D eigenvalue weighted by atomic mass is 10.1. The summed E-state index contributed by atoms with van der Waals surface area (Å²) in [5.41, 5.74) is 5.60. The summed E-state index contributed by atoms with van der Waals surface area (Å²) < 4.78 is 0. The molecule has 0 aromatic carbocycles. The molecule has 2 atom stereocenters. The van der Waals surface area contributed by atoms with Crippen molar-refractivity contribution in [3.63, 3.8) is 0 Å². The van der Waals surface area contributed by atoms with E-state index in [0.29, 0.717) is 12.7 Å². The van der Waals surface area contributed by atoms with Crippen molar-refractivity contribution >= 4 is 29.9 Å². The quantitative estimate of drug-likeness (QED) is 0.488. The third-order valence-electron chi connectivity index (χ3n) is 2.13. The molecule has 0 aliphatic heterocycles. The number of thioether (sulfide) groups is 1. The van der Waals surface area contributed by atoms with Crippen LogP contribution in [-0.4, -0.2) is 47.4 Å². The molecule has 0 aliphatic carbocycles. The second-order valence-electron chi connectivity index (χ2n) is 3.57. The molecule has 0 heterocycles. The molecule has 17 heavy (non-hydrogen) atoms. The zero-order valence-electron chi connectivity index (χ0n) is 9.72. The van der Waals surface area contributed by atoms with Crippen LogP contribution in [0.5, 0.6) is 0 Å². The predicted octanol–water partition coefficient (Wildman–Crippen LogP) is -0.385. The van der Waals surface area contributed by atoms with Crippen LogP contribution in [0.3, 0.4) is 0 Å². The van der Waals surface area contributed by atoms with Gasteiger partial charge in [-0.3, -0.25) is 9.59 Å². The molecule has 6 nitrogen and oxygen atoms in total. The van der Waals surface area contributed by atoms with Gasteiger partial charge in [0.05, 0.1) is 12.1 Å². The predicted molar refractivity (Wildman–Crippen MR) is 65.8 cm³/mol. The number of carbonyl (C=O) groups excluding carboxylic acids is 2. The Morgan fingerprint density at radius 2 is 2.12 bits per heavy atom. The van der Waals surface area contributed by atoms with E-state index in [0.717, 1.165) is 5.75 Å². The topological polar surface area (TPSA) is 109 Å². The molecule has 0 aromatic rings. The Balaban J connectivity index is 4.04. The van der Waals surface area contributed by atoms with Gasteiger partial charge in [0.2, 0.25) is 5.91 Å². The second kappa shape index (κ2) is 9.00. The van der Waals surface area contributed by atoms with Crippen LogP contribution in [0, 0.1) is 0 Å². The minimum absolute atomic E-state index is 0.0832. The van der Waals surface area contributed by atoms with Gasteiger partial charge in [-0.15, -0.1) is 0 Å². The van der Waals surface area contributed by atoms with Crippen molar-refractivity contribution in [2.45, 2.75) is 31.3 Å². The molecular formula is C10H18N2O4S. The molecule has 0 spiro atoms. The number of hydrogen-bond donors (Lipinski definition) is 3. The first-order valence-electron chi connectivity index (χ1n) is 5.23. The third kappa shape index (κ3) is 7.76. The van der Waals surface area contributed by atoms with Crippen molar-refractivity contribution in [1.82, 2.24) is 5.32 Å². The number of carbonyl (C=O) groups is 3. The molecule has 0 radical (unpaired) electrons. The van der Waals surface area contributed by atoms with Crippen LogP contribution in [0.4, 0.5) is 0 Å². The van der Waals surface area contributed by atoms with E-state index >= 15 is 0 Å². The lowest BCUT2D eigenvalue weighted by Crippen LogP contribution is -2.46. The number of aldehydes is 1. The summed E-state index contributed by atoms with van der Waals surface area (Å²) in [5.74, 6) is -0.658. The average Bonchev–Trinajstić information content (AvgIpc) is 2.30. The highest BCUT2D eigenvalue weighted by Gasteiger charge is 2.17. The van der Waals surface area contributed by atoms with Crippen LogP contribution in [0.1, 0.15) is 19.3 Å². The Bertz CT molecular complexity index is 273. The summed E-state index contributed by atoms with van der Waals surface area (Å²) in [4.78, 5) is 32.5. The Hall–Kier alpha value is -1.08. The molecule has 0 fully saturated rings. The highest BCUT2D eigenvalue weighted by atomic mass is 32.2. The van der Waals surface area contributed by atoms with Gasteiger partial charge in [0, 0.05) is 6.42 Å². The molecule has 0 aromatic heterocycles. The van der Waals surface area contributed by atoms with Crippen LogP contribution in [0.25, 0.3) is 0 Å². The fourth-order valence-corrected chi connectivity index (χ4v) is 1.61. The monoisotopic (exact) mass is 262 g/mol. The van der Waals surface area contributed by atoms with E-state index in [1.807, 2.05) is 6.26 Å². The Morgan fingerprint density at radius 3 is 2.59 bits per heavy atom. The number of nitrogens with two attached hydrogens (primary N) is 1. The summed E-state index contributed by atoms with van der Waals surface area (Å²) >= 11 is 1.58. The highest BCUT2D eigenvalue weighted by molar-refractivity contribution is 7.98. The van der Waals surface area contributed by atoms with Gasteiger partial charge in [0.1, 0.15) is 6.29 Å². The van der Waals surface area contributed by atoms with Crippen molar-refractivity contribution in [3.05, 3.63) is 0 Å². The molecule has 0 aliphatic rings. The summed E-state index contributed by atoms with van der Waals surface area (Å²) in [5, 5.41) is 10.9. The average molecular weight is 262 g/mol. The van der Waals surface area contributed by atoms with Crippen molar-refractivity contribution in [2.75, 3.05) is 12.0 Å². The molecule has 0 unspecified atom stereocenters. The van der Waals surface area contributed by atoms with Gasteiger partial charge < -0.3 is 21.0 Å². The number of carboxylic acids is 1. The van der Waals surface area contributed by atoms with E-state index in [4.69, 9.17) is 10.8 Å². The first kappa shape index (κ1) is 15.9. The molecule has 0 rings (SSSR count). The van der Waals surface area contributed by atoms with Crippen LogP contribution < -0.4 is 11.1 Å². The number of amides is 1. The molecule has 0 bridgehead atoms. The SMILES string of the molecule is CSCC[C@H](N)C(=O)N[C@H](C=O)CCC(=O)O. The second-order valence-corrected chi connectivity index (χ2v) is 4.56. The summed E-state index contributed by atoms with van der Waals surface area (Å²) in [6, 6.07) is -1.44. The third-order valence-corrected chi connectivity index (χ3v) is 2.77. The number of carboxylic acid groups (broad SMARTS) is 1. The van der Waals surface area contributed by atoms with E-state index in [1.54, 1.807) is 11.8 Å². The zero-order valence-corrected chi connectivity index (χ0v) is 10.5. The van der Waals surface area contributed by atoms with Gasteiger partial charge in [0.25, 0.3) is 0 Å². The number of hydrogen-bond acceptors (Lipinski definition) is 5. The van der Waals surface area contributed by atoms with E-state index in [-0.39, 0.29) is 12.8 Å². The maximum atomic E-state index is 11.5. The maximum absolute atomic E-state index is 11.5. The molecular weight excluding hydrogens is 244 g/mol. The zero-order chi connectivity index (χ0) is 13.3. The smallest absolute Gasteiger partial charge is 0.303 e. The fraction of sp³-hybridized carbons (Fsp3) is 0.700. The molecule has 0 saturated carbocycles. The van der Waals surface area contributed by atoms with Crippen LogP contribution in [0.2, 0.25) is 0 Å². The molecule has 7 heteroatoms. The summed E-state index contributed by atoms with van der Waals surface area (Å²) in [6.45, 7) is 0. The van der Waals surface area contributed by atoms with Crippen LogP contribution >= 0.6 is 11.8 Å². The van der Waals surface area contributed by atoms with Crippen LogP contribution in [-0.2, 0) is 14.4 Å². The summed E-state index contributed by atoms with van der Waals surface area (Å²) in [7, 11) is 0. The van der Waals surface area contributed by atoms with Crippen molar-refractivity contribution in [2.24, 2.45) is 5.73 Å². The highest BCUT2D eigenvalue weighted by Crippen LogP contribution is 2.00. The first-order valence-corrected chi connectivity index (χ1v) is 6.62. The minimum atomic E-state index is -1.00. The maximum Gasteiger partial charge on any atom is 0.303 e. The van der Waals surface area contributed by atoms with Gasteiger partial charge in [-0.25, -0.2) is 0 Å². The standard InChI is InChI=1S/C10H18N2O4S/c1-17-5-4-8(11)10(16)12-7(6-13)2-3-9(14)15/h6-8H,2-5,11H2,1H3,(H,12,16)(H,14,15)/t7-,8-/m0/s1. The number of rotatable bonds is 9. The van der Waals surface area contributed by atoms with E-state index in [2.05, 4.69) is 5.32 Å². The Morgan fingerprint density at radius 1 is 1.47 bits per heavy atom. The molecule has 4 N–H and O–H groups in total. The number of aliphatic carboxylic acids is 1. The van der Waals surface area contributed by atoms with E-state index in [9.17, 15) is 14.4 Å². The fourth-order valence-electron chi connectivity index (χ4n) is 1.12. The molecule has 0 saturated heterocycles. The number of nitrogens with one attached hydrogen (secondary N) is 1. The van der Waals surface area contributed by atoms with Gasteiger partial charge in [0.15, 0.2) is 0 Å². The lowest BCUT2D eigenvalue weighted by molar-refractivity contribution is -0.137. The Kier molecular flexibility index (Phi) is 8.43. The molecule has 98 valence electrons. The summed E-state index contributed by atoms with van der Waals surface area (Å²) in [6.07, 6.45) is 2.88. The van der Waals surface area contributed by atoms with Crippen molar-refractivity contribution < 1.29 is 19.5 Å². The normalized spacial score (nSPS) is 13.8. The largest absolute Gasteiger partial charge is 0.481 e. The van der Waals surface area contributed by atoms with Gasteiger partial charge in [-0.2, -0.15) is 11.8 Å². The first-order chi connectivity index (χ1) is 8.01. The van der Waals surface area contributed by atoms with Gasteiger partial charge in [-0.1, -0.05) is 0 Å². The minimum Gasteiger partial charge on any atom is -0.481 e. The van der Waals surface area contributed by atoms with Crippen LogP contribution in [0.15, 0.2) is 0 Å². The Labute approximate surface area is 104 Å². The lowest BCUT2D eigenvalue weighted by Gasteiger charge is -2.15. The van der Waals surface area contributed by atoms with Crippen molar-refractivity contribution in [3.8, 4) is 0 Å². The van der Waals surface area contributed by atoms with E-state index in [1.165, 1.54) is 0 Å². The van der Waals surface area contributed by atoms with E-state index < -0.39 is 24.0 Å². The van der Waals surface area contributed by atoms with Crippen molar-refractivity contribution in [1.29, 1.82) is 0 Å².